The normalized spacial score (nSPS) is 19.0. The van der Waals surface area contributed by atoms with Crippen LogP contribution in [0, 0.1) is 0 Å². The van der Waals surface area contributed by atoms with Gasteiger partial charge in [0.25, 0.3) is 0 Å². The number of carbonyl (C=O) groups is 1. The second-order valence-corrected chi connectivity index (χ2v) is 5.40. The van der Waals surface area contributed by atoms with Crippen LogP contribution in [0.1, 0.15) is 23.4 Å². The van der Waals surface area contributed by atoms with Crippen molar-refractivity contribution in [1.82, 2.24) is 4.90 Å². The first-order chi connectivity index (χ1) is 9.72. The third-order valence-corrected chi connectivity index (χ3v) is 3.65. The highest BCUT2D eigenvalue weighted by Gasteiger charge is 2.20. The molecule has 1 fully saturated rings. The SMILES string of the molecule is CN(CC(=O)c1cc2ccccc2o1)CC1CCCO1. The van der Waals surface area contributed by atoms with E-state index in [1.165, 1.54) is 0 Å². The summed E-state index contributed by atoms with van der Waals surface area (Å²) in [6.07, 6.45) is 2.47. The quantitative estimate of drug-likeness (QED) is 0.786. The Kier molecular flexibility index (Phi) is 3.85. The number of furan rings is 1. The Morgan fingerprint density at radius 2 is 2.25 bits per heavy atom. The van der Waals surface area contributed by atoms with E-state index in [1.807, 2.05) is 42.3 Å². The molecule has 1 saturated heterocycles. The Bertz CT molecular complexity index is 566. The average Bonchev–Trinajstić information content (AvgIpc) is 3.06. The molecule has 1 atom stereocenters. The van der Waals surface area contributed by atoms with Gasteiger partial charge in [-0.3, -0.25) is 9.69 Å². The van der Waals surface area contributed by atoms with Gasteiger partial charge in [-0.05, 0) is 32.0 Å². The topological polar surface area (TPSA) is 42.7 Å². The van der Waals surface area contributed by atoms with Crippen LogP contribution in [-0.2, 0) is 4.74 Å². The highest BCUT2D eigenvalue weighted by Crippen LogP contribution is 2.19. The number of likely N-dealkylation sites (N-methyl/N-ethyl adjacent to an activating group) is 1. The van der Waals surface area contributed by atoms with Crippen LogP contribution in [0.25, 0.3) is 11.0 Å². The molecule has 1 aromatic carbocycles. The molecule has 1 aliphatic heterocycles. The van der Waals surface area contributed by atoms with E-state index in [-0.39, 0.29) is 11.9 Å². The zero-order valence-corrected chi connectivity index (χ0v) is 11.7. The van der Waals surface area contributed by atoms with E-state index in [1.54, 1.807) is 0 Å². The van der Waals surface area contributed by atoms with Crippen molar-refractivity contribution in [3.05, 3.63) is 36.1 Å². The van der Waals surface area contributed by atoms with Crippen molar-refractivity contribution in [1.29, 1.82) is 0 Å². The first-order valence-electron chi connectivity index (χ1n) is 7.04. The second-order valence-electron chi connectivity index (χ2n) is 5.40. The third-order valence-electron chi connectivity index (χ3n) is 3.65. The van der Waals surface area contributed by atoms with Crippen molar-refractivity contribution in [2.75, 3.05) is 26.7 Å². The van der Waals surface area contributed by atoms with Gasteiger partial charge in [-0.15, -0.1) is 0 Å². The van der Waals surface area contributed by atoms with Gasteiger partial charge in [-0.2, -0.15) is 0 Å². The first-order valence-corrected chi connectivity index (χ1v) is 7.04. The number of para-hydroxylation sites is 1. The molecule has 106 valence electrons. The van der Waals surface area contributed by atoms with E-state index < -0.39 is 0 Å². The smallest absolute Gasteiger partial charge is 0.211 e. The van der Waals surface area contributed by atoms with E-state index in [2.05, 4.69) is 0 Å². The first kappa shape index (κ1) is 13.3. The summed E-state index contributed by atoms with van der Waals surface area (Å²) >= 11 is 0. The summed E-state index contributed by atoms with van der Waals surface area (Å²) in [5.74, 6) is 0.451. The van der Waals surface area contributed by atoms with Crippen molar-refractivity contribution < 1.29 is 13.9 Å². The molecule has 1 aromatic heterocycles. The van der Waals surface area contributed by atoms with Gasteiger partial charge in [0.1, 0.15) is 5.58 Å². The number of hydrogen-bond acceptors (Lipinski definition) is 4. The summed E-state index contributed by atoms with van der Waals surface area (Å²) < 4.78 is 11.2. The predicted molar refractivity (Wildman–Crippen MR) is 77.0 cm³/mol. The molecule has 0 spiro atoms. The Labute approximate surface area is 118 Å². The van der Waals surface area contributed by atoms with Gasteiger partial charge in [-0.25, -0.2) is 0 Å². The Balaban J connectivity index is 1.63. The van der Waals surface area contributed by atoms with Crippen LogP contribution in [0.3, 0.4) is 0 Å². The highest BCUT2D eigenvalue weighted by molar-refractivity contribution is 5.98. The lowest BCUT2D eigenvalue weighted by atomic mass is 10.2. The molecule has 1 aliphatic rings. The number of ketones is 1. The summed E-state index contributed by atoms with van der Waals surface area (Å²) in [6, 6.07) is 9.49. The zero-order valence-electron chi connectivity index (χ0n) is 11.7. The summed E-state index contributed by atoms with van der Waals surface area (Å²) in [5.41, 5.74) is 0.762. The second kappa shape index (κ2) is 5.77. The molecule has 0 aliphatic carbocycles. The van der Waals surface area contributed by atoms with Crippen molar-refractivity contribution >= 4 is 16.8 Å². The van der Waals surface area contributed by atoms with Crippen LogP contribution < -0.4 is 0 Å². The minimum absolute atomic E-state index is 0.0155. The van der Waals surface area contributed by atoms with Gasteiger partial charge in [0.05, 0.1) is 12.6 Å². The number of carbonyl (C=O) groups excluding carboxylic acids is 1. The number of benzene rings is 1. The van der Waals surface area contributed by atoms with E-state index in [9.17, 15) is 4.79 Å². The van der Waals surface area contributed by atoms with Gasteiger partial charge < -0.3 is 9.15 Å². The standard InChI is InChI=1S/C16H19NO3/c1-17(10-13-6-4-8-19-13)11-14(18)16-9-12-5-2-3-7-15(12)20-16/h2-3,5,7,9,13H,4,6,8,10-11H2,1H3. The lowest BCUT2D eigenvalue weighted by Crippen LogP contribution is -2.33. The van der Waals surface area contributed by atoms with E-state index in [0.29, 0.717) is 12.3 Å². The van der Waals surface area contributed by atoms with Gasteiger partial charge >= 0.3 is 0 Å². The maximum Gasteiger partial charge on any atom is 0.211 e. The Morgan fingerprint density at radius 3 is 3.00 bits per heavy atom. The van der Waals surface area contributed by atoms with Crippen molar-refractivity contribution in [2.45, 2.75) is 18.9 Å². The maximum atomic E-state index is 12.2. The molecule has 4 nitrogen and oxygen atoms in total. The summed E-state index contributed by atoms with van der Waals surface area (Å²) in [4.78, 5) is 14.2. The van der Waals surface area contributed by atoms with Crippen LogP contribution in [0.5, 0.6) is 0 Å². The molecular weight excluding hydrogens is 254 g/mol. The molecular formula is C16H19NO3. The van der Waals surface area contributed by atoms with Gasteiger partial charge in [0, 0.05) is 18.5 Å². The molecule has 2 heterocycles. The van der Waals surface area contributed by atoms with Crippen molar-refractivity contribution in [2.24, 2.45) is 0 Å². The van der Waals surface area contributed by atoms with Crippen LogP contribution >= 0.6 is 0 Å². The molecule has 20 heavy (non-hydrogen) atoms. The predicted octanol–water partition coefficient (Wildman–Crippen LogP) is 2.73. The monoisotopic (exact) mass is 273 g/mol. The van der Waals surface area contributed by atoms with E-state index >= 15 is 0 Å². The lowest BCUT2D eigenvalue weighted by molar-refractivity contribution is 0.0729. The molecule has 0 amide bonds. The van der Waals surface area contributed by atoms with E-state index in [4.69, 9.17) is 9.15 Å². The fraction of sp³-hybridized carbons (Fsp3) is 0.438. The van der Waals surface area contributed by atoms with E-state index in [0.717, 1.165) is 37.0 Å². The molecule has 0 bridgehead atoms. The molecule has 1 unspecified atom stereocenters. The fourth-order valence-electron chi connectivity index (χ4n) is 2.64. The minimum Gasteiger partial charge on any atom is -0.453 e. The van der Waals surface area contributed by atoms with Crippen molar-refractivity contribution in [3.8, 4) is 0 Å². The molecule has 0 radical (unpaired) electrons. The Morgan fingerprint density at radius 1 is 1.40 bits per heavy atom. The number of hydrogen-bond donors (Lipinski definition) is 0. The van der Waals surface area contributed by atoms with Crippen LogP contribution in [-0.4, -0.2) is 43.5 Å². The van der Waals surface area contributed by atoms with Crippen LogP contribution in [0.15, 0.2) is 34.7 Å². The summed E-state index contributed by atoms with van der Waals surface area (Å²) in [6.45, 7) is 2.00. The summed E-state index contributed by atoms with van der Waals surface area (Å²) in [5, 5.41) is 0.970. The number of fused-ring (bicyclic) bond motifs is 1. The van der Waals surface area contributed by atoms with Gasteiger partial charge in [0.2, 0.25) is 5.78 Å². The minimum atomic E-state index is 0.0155. The number of rotatable bonds is 5. The van der Waals surface area contributed by atoms with Crippen LogP contribution in [0.4, 0.5) is 0 Å². The lowest BCUT2D eigenvalue weighted by Gasteiger charge is -2.19. The van der Waals surface area contributed by atoms with Gasteiger partial charge in [0.15, 0.2) is 5.76 Å². The molecule has 3 rings (SSSR count). The number of Topliss-reactive ketones (excluding diaryl/α,β-unsaturated/α-hetero) is 1. The van der Waals surface area contributed by atoms with Crippen molar-refractivity contribution in [3.63, 3.8) is 0 Å². The fourth-order valence-corrected chi connectivity index (χ4v) is 2.64. The molecule has 0 N–H and O–H groups in total. The molecule has 4 heteroatoms. The summed E-state index contributed by atoms with van der Waals surface area (Å²) in [7, 11) is 1.95. The zero-order chi connectivity index (χ0) is 13.9. The van der Waals surface area contributed by atoms with Crippen LogP contribution in [0.2, 0.25) is 0 Å². The van der Waals surface area contributed by atoms with Gasteiger partial charge in [-0.1, -0.05) is 18.2 Å². The molecule has 0 saturated carbocycles. The molecule has 2 aromatic rings. The number of nitrogens with zero attached hydrogens (tertiary/aromatic N) is 1. The average molecular weight is 273 g/mol. The highest BCUT2D eigenvalue weighted by atomic mass is 16.5. The third kappa shape index (κ3) is 2.92. The Hall–Kier alpha value is -1.65. The largest absolute Gasteiger partial charge is 0.453 e. The number of ether oxygens (including phenoxy) is 1. The maximum absolute atomic E-state index is 12.2.